The Balaban J connectivity index is 2.12. The number of aliphatic hydroxyl groups is 1. The van der Waals surface area contributed by atoms with Crippen LogP contribution in [0.3, 0.4) is 0 Å². The molecule has 3 atom stereocenters. The second-order valence-corrected chi connectivity index (χ2v) is 7.18. The van der Waals surface area contributed by atoms with Crippen LogP contribution in [0.4, 0.5) is 0 Å². The van der Waals surface area contributed by atoms with E-state index in [2.05, 4.69) is 11.7 Å². The first-order valence-electron chi connectivity index (χ1n) is 10.2. The topological polar surface area (TPSA) is 72.8 Å². The highest BCUT2D eigenvalue weighted by Gasteiger charge is 2.36. The van der Waals surface area contributed by atoms with Crippen LogP contribution in [-0.2, 0) is 19.1 Å². The van der Waals surface area contributed by atoms with Gasteiger partial charge in [0.2, 0.25) is 0 Å². The van der Waals surface area contributed by atoms with Crippen molar-refractivity contribution in [2.45, 2.75) is 102 Å². The van der Waals surface area contributed by atoms with E-state index in [1.165, 1.54) is 64.2 Å². The summed E-state index contributed by atoms with van der Waals surface area (Å²) in [7, 11) is 1.29. The van der Waals surface area contributed by atoms with E-state index in [-0.39, 0.29) is 18.3 Å². The van der Waals surface area contributed by atoms with Crippen molar-refractivity contribution in [3.05, 3.63) is 12.2 Å². The van der Waals surface area contributed by atoms with Crippen LogP contribution in [-0.4, -0.2) is 42.3 Å². The molecule has 1 fully saturated rings. The van der Waals surface area contributed by atoms with Crippen molar-refractivity contribution in [3.63, 3.8) is 0 Å². The third-order valence-electron chi connectivity index (χ3n) is 4.95. The molecule has 1 saturated heterocycles. The smallest absolute Gasteiger partial charge is 0.330 e. The summed E-state index contributed by atoms with van der Waals surface area (Å²) in [6.45, 7) is 2.23. The Morgan fingerprint density at radius 2 is 1.69 bits per heavy atom. The predicted octanol–water partition coefficient (Wildman–Crippen LogP) is 4.11. The fourth-order valence-corrected chi connectivity index (χ4v) is 3.32. The first-order chi connectivity index (χ1) is 12.6. The standard InChI is InChI=1S/C21H36O5/c1-3-4-5-6-7-8-9-10-11-14-19-18(23)16-20(26-19)17(22)13-12-15-21(24)25-2/h12,15,18-20,23H,3-11,13-14,16H2,1-2H3/t18-,19?,20+/m0/s1. The van der Waals surface area contributed by atoms with E-state index in [1.54, 1.807) is 0 Å². The van der Waals surface area contributed by atoms with Crippen LogP contribution in [0.25, 0.3) is 0 Å². The number of hydrogen-bond donors (Lipinski definition) is 1. The third kappa shape index (κ3) is 9.48. The number of hydrogen-bond acceptors (Lipinski definition) is 5. The van der Waals surface area contributed by atoms with E-state index in [0.717, 1.165) is 19.3 Å². The summed E-state index contributed by atoms with van der Waals surface area (Å²) >= 11 is 0. The predicted molar refractivity (Wildman–Crippen MR) is 102 cm³/mol. The molecule has 5 heteroatoms. The van der Waals surface area contributed by atoms with Gasteiger partial charge in [0.15, 0.2) is 5.78 Å². The summed E-state index contributed by atoms with van der Waals surface area (Å²) in [5.74, 6) is -0.577. The molecule has 0 aliphatic carbocycles. The van der Waals surface area contributed by atoms with E-state index in [4.69, 9.17) is 4.74 Å². The van der Waals surface area contributed by atoms with Gasteiger partial charge in [-0.25, -0.2) is 4.79 Å². The number of unbranched alkanes of at least 4 members (excludes halogenated alkanes) is 8. The molecule has 1 N–H and O–H groups in total. The van der Waals surface area contributed by atoms with E-state index in [0.29, 0.717) is 6.42 Å². The van der Waals surface area contributed by atoms with Crippen LogP contribution in [0.15, 0.2) is 12.2 Å². The summed E-state index contributed by atoms with van der Waals surface area (Å²) < 4.78 is 10.2. The average Bonchev–Trinajstić information content (AvgIpc) is 3.01. The molecule has 0 spiro atoms. The second-order valence-electron chi connectivity index (χ2n) is 7.18. The van der Waals surface area contributed by atoms with Gasteiger partial charge < -0.3 is 14.6 Å². The maximum absolute atomic E-state index is 12.1. The maximum atomic E-state index is 12.1. The molecule has 150 valence electrons. The minimum Gasteiger partial charge on any atom is -0.466 e. The molecule has 0 bridgehead atoms. The molecule has 26 heavy (non-hydrogen) atoms. The number of aliphatic hydroxyl groups excluding tert-OH is 1. The van der Waals surface area contributed by atoms with Crippen LogP contribution < -0.4 is 0 Å². The van der Waals surface area contributed by atoms with E-state index in [1.807, 2.05) is 0 Å². The average molecular weight is 369 g/mol. The molecule has 0 aromatic heterocycles. The van der Waals surface area contributed by atoms with E-state index < -0.39 is 18.2 Å². The fourth-order valence-electron chi connectivity index (χ4n) is 3.32. The van der Waals surface area contributed by atoms with Gasteiger partial charge in [-0.1, -0.05) is 70.8 Å². The normalized spacial score (nSPS) is 22.8. The van der Waals surface area contributed by atoms with Crippen molar-refractivity contribution in [2.24, 2.45) is 0 Å². The fraction of sp³-hybridized carbons (Fsp3) is 0.810. The van der Waals surface area contributed by atoms with Crippen LogP contribution in [0, 0.1) is 0 Å². The van der Waals surface area contributed by atoms with Gasteiger partial charge in [-0.05, 0) is 6.42 Å². The Morgan fingerprint density at radius 1 is 1.08 bits per heavy atom. The largest absolute Gasteiger partial charge is 0.466 e. The molecule has 1 aliphatic heterocycles. The Bertz CT molecular complexity index is 432. The third-order valence-corrected chi connectivity index (χ3v) is 4.95. The van der Waals surface area contributed by atoms with Crippen LogP contribution >= 0.6 is 0 Å². The summed E-state index contributed by atoms with van der Waals surface area (Å²) in [6, 6.07) is 0. The van der Waals surface area contributed by atoms with E-state index in [9.17, 15) is 14.7 Å². The molecular formula is C21H36O5. The number of methoxy groups -OCH3 is 1. The zero-order valence-electron chi connectivity index (χ0n) is 16.5. The summed E-state index contributed by atoms with van der Waals surface area (Å²) in [5.41, 5.74) is 0. The Kier molecular flexibility index (Phi) is 12.2. The number of Topliss-reactive ketones (excluding diaryl/α,β-unsaturated/α-hetero) is 1. The van der Waals surface area contributed by atoms with Gasteiger partial charge in [-0.3, -0.25) is 4.79 Å². The monoisotopic (exact) mass is 368 g/mol. The van der Waals surface area contributed by atoms with Gasteiger partial charge in [0, 0.05) is 18.9 Å². The molecule has 0 radical (unpaired) electrons. The van der Waals surface area contributed by atoms with Crippen LogP contribution in [0.2, 0.25) is 0 Å². The number of esters is 1. The summed E-state index contributed by atoms with van der Waals surface area (Å²) in [4.78, 5) is 23.1. The lowest BCUT2D eigenvalue weighted by Crippen LogP contribution is -2.21. The van der Waals surface area contributed by atoms with E-state index >= 15 is 0 Å². The summed E-state index contributed by atoms with van der Waals surface area (Å²) in [5, 5.41) is 10.1. The van der Waals surface area contributed by atoms with Crippen LogP contribution in [0.5, 0.6) is 0 Å². The van der Waals surface area contributed by atoms with Crippen molar-refractivity contribution in [3.8, 4) is 0 Å². The van der Waals surface area contributed by atoms with Crippen molar-refractivity contribution in [1.29, 1.82) is 0 Å². The van der Waals surface area contributed by atoms with Crippen molar-refractivity contribution >= 4 is 11.8 Å². The highest BCUT2D eigenvalue weighted by molar-refractivity contribution is 5.87. The highest BCUT2D eigenvalue weighted by Crippen LogP contribution is 2.26. The van der Waals surface area contributed by atoms with Gasteiger partial charge in [-0.15, -0.1) is 0 Å². The molecule has 5 nitrogen and oxygen atoms in total. The van der Waals surface area contributed by atoms with Gasteiger partial charge in [-0.2, -0.15) is 0 Å². The molecule has 1 rings (SSSR count). The van der Waals surface area contributed by atoms with Crippen molar-refractivity contribution < 1.29 is 24.2 Å². The minimum atomic E-state index is -0.567. The first kappa shape index (κ1) is 22.8. The lowest BCUT2D eigenvalue weighted by Gasteiger charge is -2.14. The van der Waals surface area contributed by atoms with Gasteiger partial charge in [0.25, 0.3) is 0 Å². The SMILES string of the molecule is CCCCCCCCCCCC1O[C@@H](C(=O)CC=CC(=O)OC)C[C@@H]1O. The lowest BCUT2D eigenvalue weighted by atomic mass is 10.0. The molecule has 0 amide bonds. The van der Waals surface area contributed by atoms with Gasteiger partial charge in [0.05, 0.1) is 19.3 Å². The number of ketones is 1. The Morgan fingerprint density at radius 3 is 2.31 bits per heavy atom. The quantitative estimate of drug-likeness (QED) is 0.284. The number of ether oxygens (including phenoxy) is 2. The number of rotatable bonds is 14. The first-order valence-corrected chi connectivity index (χ1v) is 10.2. The second kappa shape index (κ2) is 13.9. The number of allylic oxidation sites excluding steroid dienone is 1. The summed E-state index contributed by atoms with van der Waals surface area (Å²) in [6.07, 6.45) is 14.0. The molecule has 0 aromatic rings. The zero-order chi connectivity index (χ0) is 19.2. The molecule has 0 saturated carbocycles. The highest BCUT2D eigenvalue weighted by atomic mass is 16.5. The Labute approximate surface area is 158 Å². The van der Waals surface area contributed by atoms with Crippen molar-refractivity contribution in [1.82, 2.24) is 0 Å². The molecule has 1 unspecified atom stereocenters. The molecule has 1 aliphatic rings. The zero-order valence-corrected chi connectivity index (χ0v) is 16.5. The lowest BCUT2D eigenvalue weighted by molar-refractivity contribution is -0.134. The minimum absolute atomic E-state index is 0.0983. The molecule has 0 aromatic carbocycles. The van der Waals surface area contributed by atoms with Gasteiger partial charge in [0.1, 0.15) is 6.10 Å². The molecular weight excluding hydrogens is 332 g/mol. The number of carbonyl (C=O) groups is 2. The maximum Gasteiger partial charge on any atom is 0.330 e. The molecule has 1 heterocycles. The number of carbonyl (C=O) groups excluding carboxylic acids is 2. The Hall–Kier alpha value is -1.20. The van der Waals surface area contributed by atoms with Crippen molar-refractivity contribution in [2.75, 3.05) is 7.11 Å². The van der Waals surface area contributed by atoms with Crippen LogP contribution in [0.1, 0.15) is 84.0 Å². The van der Waals surface area contributed by atoms with Gasteiger partial charge >= 0.3 is 5.97 Å².